The summed E-state index contributed by atoms with van der Waals surface area (Å²) in [7, 11) is 0. The summed E-state index contributed by atoms with van der Waals surface area (Å²) < 4.78 is 15.2. The van der Waals surface area contributed by atoms with Crippen LogP contribution >= 0.6 is 22.9 Å². The van der Waals surface area contributed by atoms with Crippen molar-refractivity contribution in [3.05, 3.63) is 57.8 Å². The molecule has 3 heterocycles. The Bertz CT molecular complexity index is 1250. The van der Waals surface area contributed by atoms with Crippen LogP contribution in [-0.2, 0) is 12.1 Å². The second-order valence-corrected chi connectivity index (χ2v) is 8.92. The number of rotatable bonds is 4. The molecule has 0 aliphatic heterocycles. The molecule has 0 spiro atoms. The highest BCUT2D eigenvalue weighted by Gasteiger charge is 2.21. The third-order valence-electron chi connectivity index (χ3n) is 4.90. The van der Waals surface area contributed by atoms with E-state index in [1.165, 1.54) is 23.7 Å². The van der Waals surface area contributed by atoms with Gasteiger partial charge in [-0.2, -0.15) is 0 Å². The van der Waals surface area contributed by atoms with E-state index in [2.05, 4.69) is 20.3 Å². The lowest BCUT2D eigenvalue weighted by molar-refractivity contribution is 0.0745. The zero-order valence-corrected chi connectivity index (χ0v) is 18.0. The number of aryl methyl sites for hydroxylation is 2. The second-order valence-electron chi connectivity index (χ2n) is 7.55. The summed E-state index contributed by atoms with van der Waals surface area (Å²) in [6, 6.07) is 4.83. The van der Waals surface area contributed by atoms with E-state index in [9.17, 15) is 9.50 Å². The molecule has 150 valence electrons. The van der Waals surface area contributed by atoms with E-state index in [0.29, 0.717) is 17.4 Å². The molecule has 0 saturated carbocycles. The molecule has 3 aromatic heterocycles. The first-order valence-corrected chi connectivity index (χ1v) is 10.3. The predicted molar refractivity (Wildman–Crippen MR) is 116 cm³/mol. The average Bonchev–Trinajstić information content (AvgIpc) is 3.02. The Balaban J connectivity index is 1.70. The Hall–Kier alpha value is -2.35. The van der Waals surface area contributed by atoms with Gasteiger partial charge in [0.25, 0.3) is 0 Å². The van der Waals surface area contributed by atoms with Crippen LogP contribution in [0.25, 0.3) is 20.4 Å². The van der Waals surface area contributed by atoms with Crippen molar-refractivity contribution in [2.45, 2.75) is 39.8 Å². The van der Waals surface area contributed by atoms with E-state index >= 15 is 0 Å². The lowest BCUT2D eigenvalue weighted by atomic mass is 9.96. The van der Waals surface area contributed by atoms with Crippen LogP contribution in [0.5, 0.6) is 0 Å². The van der Waals surface area contributed by atoms with Gasteiger partial charge in [-0.1, -0.05) is 23.7 Å². The number of aromatic nitrogens is 3. The summed E-state index contributed by atoms with van der Waals surface area (Å²) in [5.41, 5.74) is 2.33. The topological polar surface area (TPSA) is 70.9 Å². The number of fused-ring (bicyclic) bond motifs is 3. The highest BCUT2D eigenvalue weighted by atomic mass is 35.5. The van der Waals surface area contributed by atoms with Crippen molar-refractivity contribution in [3.63, 3.8) is 0 Å². The van der Waals surface area contributed by atoms with Gasteiger partial charge in [0.2, 0.25) is 0 Å². The normalized spacial score (nSPS) is 12.1. The minimum atomic E-state index is -1.23. The molecule has 0 aliphatic rings. The summed E-state index contributed by atoms with van der Waals surface area (Å²) in [5.74, 6) is 0.231. The predicted octanol–water partition coefficient (Wildman–Crippen LogP) is 5.49. The number of benzene rings is 1. The van der Waals surface area contributed by atoms with Crippen molar-refractivity contribution >= 4 is 49.2 Å². The SMILES string of the molecule is Cc1nc2sc3c(NCc4ccc(C(C)(C)O)c(F)c4)ncnc3c2c(C)c1Cl. The summed E-state index contributed by atoms with van der Waals surface area (Å²) in [5, 5.41) is 14.9. The van der Waals surface area contributed by atoms with Crippen LogP contribution in [0.3, 0.4) is 0 Å². The molecule has 29 heavy (non-hydrogen) atoms. The third kappa shape index (κ3) is 3.54. The number of aliphatic hydroxyl groups is 1. The zero-order valence-electron chi connectivity index (χ0n) is 16.5. The Kier molecular flexibility index (Phi) is 4.93. The van der Waals surface area contributed by atoms with E-state index in [0.717, 1.165) is 37.3 Å². The standard InChI is InChI=1S/C21H20ClFN4OS/c1-10-15-17-18(29-20(15)27-11(2)16(10)22)19(26-9-25-17)24-8-12-5-6-13(14(23)7-12)21(3,4)28/h5-7,9,28H,8H2,1-4H3,(H,24,25,26). The van der Waals surface area contributed by atoms with Crippen LogP contribution in [0.4, 0.5) is 10.2 Å². The maximum atomic E-state index is 14.4. The molecule has 8 heteroatoms. The molecule has 4 aromatic rings. The van der Waals surface area contributed by atoms with E-state index in [1.807, 2.05) is 13.8 Å². The van der Waals surface area contributed by atoms with Gasteiger partial charge in [-0.25, -0.2) is 19.3 Å². The van der Waals surface area contributed by atoms with E-state index in [-0.39, 0.29) is 5.56 Å². The number of pyridine rings is 1. The fraction of sp³-hybridized carbons (Fsp3) is 0.286. The van der Waals surface area contributed by atoms with E-state index < -0.39 is 11.4 Å². The van der Waals surface area contributed by atoms with Crippen LogP contribution < -0.4 is 5.32 Å². The van der Waals surface area contributed by atoms with E-state index in [1.54, 1.807) is 26.0 Å². The molecule has 0 unspecified atom stereocenters. The molecule has 0 atom stereocenters. The van der Waals surface area contributed by atoms with Crippen LogP contribution in [0.1, 0.15) is 36.2 Å². The minimum absolute atomic E-state index is 0.268. The molecule has 2 N–H and O–H groups in total. The maximum Gasteiger partial charge on any atom is 0.147 e. The van der Waals surface area contributed by atoms with Crippen LogP contribution in [0, 0.1) is 19.7 Å². The lowest BCUT2D eigenvalue weighted by Gasteiger charge is -2.19. The molecule has 0 bridgehead atoms. The smallest absolute Gasteiger partial charge is 0.147 e. The molecule has 1 aromatic carbocycles. The van der Waals surface area contributed by atoms with Gasteiger partial charge < -0.3 is 10.4 Å². The number of anilines is 1. The number of nitrogens with one attached hydrogen (secondary N) is 1. The molecule has 5 nitrogen and oxygen atoms in total. The van der Waals surface area contributed by atoms with Gasteiger partial charge in [-0.15, -0.1) is 11.3 Å². The molecular weight excluding hydrogens is 411 g/mol. The number of hydrogen-bond donors (Lipinski definition) is 2. The highest BCUT2D eigenvalue weighted by Crippen LogP contribution is 2.39. The lowest BCUT2D eigenvalue weighted by Crippen LogP contribution is -2.17. The van der Waals surface area contributed by atoms with Gasteiger partial charge in [-0.05, 0) is 44.9 Å². The summed E-state index contributed by atoms with van der Waals surface area (Å²) >= 11 is 7.89. The number of hydrogen-bond acceptors (Lipinski definition) is 6. The Morgan fingerprint density at radius 2 is 2.00 bits per heavy atom. The van der Waals surface area contributed by atoms with Crippen molar-refractivity contribution in [3.8, 4) is 0 Å². The molecule has 0 aliphatic carbocycles. The van der Waals surface area contributed by atoms with Gasteiger partial charge in [0, 0.05) is 17.5 Å². The average molecular weight is 431 g/mol. The fourth-order valence-electron chi connectivity index (χ4n) is 3.37. The van der Waals surface area contributed by atoms with Gasteiger partial charge >= 0.3 is 0 Å². The highest BCUT2D eigenvalue weighted by molar-refractivity contribution is 7.26. The number of thiophene rings is 1. The summed E-state index contributed by atoms with van der Waals surface area (Å²) in [6.45, 7) is 7.36. The van der Waals surface area contributed by atoms with Gasteiger partial charge in [0.1, 0.15) is 22.8 Å². The van der Waals surface area contributed by atoms with E-state index in [4.69, 9.17) is 11.6 Å². The Morgan fingerprint density at radius 3 is 2.69 bits per heavy atom. The first-order chi connectivity index (χ1) is 13.7. The van der Waals surface area contributed by atoms with Gasteiger partial charge in [0.15, 0.2) is 0 Å². The van der Waals surface area contributed by atoms with Crippen molar-refractivity contribution in [2.75, 3.05) is 5.32 Å². The summed E-state index contributed by atoms with van der Waals surface area (Å²) in [6.07, 6.45) is 1.50. The molecule has 0 saturated heterocycles. The van der Waals surface area contributed by atoms with Gasteiger partial charge in [0.05, 0.1) is 26.5 Å². The molecule has 4 rings (SSSR count). The fourth-order valence-corrected chi connectivity index (χ4v) is 4.71. The van der Waals surface area contributed by atoms with Crippen molar-refractivity contribution in [2.24, 2.45) is 0 Å². The van der Waals surface area contributed by atoms with Crippen LogP contribution in [0.15, 0.2) is 24.5 Å². The molecule has 0 radical (unpaired) electrons. The molecule has 0 fully saturated rings. The number of halogens is 2. The quantitative estimate of drug-likeness (QED) is 0.448. The monoisotopic (exact) mass is 430 g/mol. The van der Waals surface area contributed by atoms with Crippen LogP contribution in [0.2, 0.25) is 5.02 Å². The first-order valence-electron chi connectivity index (χ1n) is 9.12. The maximum absolute atomic E-state index is 14.4. The summed E-state index contributed by atoms with van der Waals surface area (Å²) in [4.78, 5) is 14.3. The van der Waals surface area contributed by atoms with Crippen molar-refractivity contribution < 1.29 is 9.50 Å². The van der Waals surface area contributed by atoms with Crippen LogP contribution in [-0.4, -0.2) is 20.1 Å². The minimum Gasteiger partial charge on any atom is -0.386 e. The van der Waals surface area contributed by atoms with Crippen molar-refractivity contribution in [1.29, 1.82) is 0 Å². The second kappa shape index (κ2) is 7.16. The molecule has 0 amide bonds. The molecular formula is C21H20ClFN4OS. The van der Waals surface area contributed by atoms with Gasteiger partial charge in [-0.3, -0.25) is 0 Å². The zero-order chi connectivity index (χ0) is 20.9. The third-order valence-corrected chi connectivity index (χ3v) is 6.53. The Morgan fingerprint density at radius 1 is 1.24 bits per heavy atom. The number of nitrogens with zero attached hydrogens (tertiary/aromatic N) is 3. The van der Waals surface area contributed by atoms with Crippen molar-refractivity contribution in [1.82, 2.24) is 15.0 Å². The Labute approximate surface area is 176 Å². The largest absolute Gasteiger partial charge is 0.386 e. The first kappa shape index (κ1) is 19.9.